The van der Waals surface area contributed by atoms with Crippen molar-refractivity contribution in [1.82, 2.24) is 10.2 Å². The second-order valence-corrected chi connectivity index (χ2v) is 6.09. The Morgan fingerprint density at radius 3 is 2.37 bits per heavy atom. The molecular formula is C17H19F3N2O5. The van der Waals surface area contributed by atoms with Gasteiger partial charge in [-0.25, -0.2) is 0 Å². The molecule has 7 nitrogen and oxygen atoms in total. The van der Waals surface area contributed by atoms with Gasteiger partial charge >= 0.3 is 12.1 Å². The van der Waals surface area contributed by atoms with E-state index in [1.807, 2.05) is 6.92 Å². The minimum absolute atomic E-state index is 0.253. The second kappa shape index (κ2) is 7.85. The van der Waals surface area contributed by atoms with Gasteiger partial charge < -0.3 is 20.1 Å². The summed E-state index contributed by atoms with van der Waals surface area (Å²) in [4.78, 5) is 36.1. The summed E-state index contributed by atoms with van der Waals surface area (Å²) in [7, 11) is 0. The van der Waals surface area contributed by atoms with Crippen LogP contribution in [0.1, 0.15) is 23.7 Å². The third kappa shape index (κ3) is 4.32. The van der Waals surface area contributed by atoms with Gasteiger partial charge in [0.2, 0.25) is 5.91 Å². The number of benzene rings is 1. The smallest absolute Gasteiger partial charge is 0.406 e. The van der Waals surface area contributed by atoms with Gasteiger partial charge in [-0.2, -0.15) is 13.2 Å². The number of aliphatic carboxylic acids is 1. The van der Waals surface area contributed by atoms with Gasteiger partial charge in [0.1, 0.15) is 5.75 Å². The number of hydrogen-bond acceptors (Lipinski definition) is 4. The number of carbonyl (C=O) groups is 3. The fraction of sp³-hybridized carbons (Fsp3) is 0.471. The molecule has 1 heterocycles. The molecule has 0 saturated carbocycles. The van der Waals surface area contributed by atoms with E-state index in [9.17, 15) is 27.6 Å². The van der Waals surface area contributed by atoms with Crippen LogP contribution < -0.4 is 10.1 Å². The van der Waals surface area contributed by atoms with Crippen molar-refractivity contribution in [3.8, 4) is 5.75 Å². The first-order chi connectivity index (χ1) is 12.6. The van der Waals surface area contributed by atoms with E-state index in [1.54, 1.807) is 12.1 Å². The lowest BCUT2D eigenvalue weighted by Crippen LogP contribution is -2.48. The molecule has 2 rings (SSSR count). The summed E-state index contributed by atoms with van der Waals surface area (Å²) in [5, 5.41) is 11.3. The number of amides is 2. The first-order valence-corrected chi connectivity index (χ1v) is 8.19. The van der Waals surface area contributed by atoms with Crippen molar-refractivity contribution in [2.75, 3.05) is 26.2 Å². The Labute approximate surface area is 153 Å². The van der Waals surface area contributed by atoms with E-state index in [0.717, 1.165) is 4.90 Å². The van der Waals surface area contributed by atoms with Gasteiger partial charge in [-0.15, -0.1) is 0 Å². The Balaban J connectivity index is 1.94. The topological polar surface area (TPSA) is 95.9 Å². The minimum Gasteiger partial charge on any atom is -0.494 e. The summed E-state index contributed by atoms with van der Waals surface area (Å²) in [6.07, 6.45) is -5.69. The Kier molecular flexibility index (Phi) is 5.97. The zero-order valence-electron chi connectivity index (χ0n) is 14.5. The number of halogens is 3. The van der Waals surface area contributed by atoms with Crippen molar-refractivity contribution in [2.45, 2.75) is 19.5 Å². The molecule has 0 radical (unpaired) electrons. The summed E-state index contributed by atoms with van der Waals surface area (Å²) >= 11 is 0. The van der Waals surface area contributed by atoms with Crippen LogP contribution in [0.3, 0.4) is 0 Å². The normalized spacial score (nSPS) is 19.6. The van der Waals surface area contributed by atoms with E-state index in [1.165, 1.54) is 12.1 Å². The maximum Gasteiger partial charge on any atom is 0.406 e. The number of hydrogen-bond donors (Lipinski definition) is 2. The van der Waals surface area contributed by atoms with Crippen LogP contribution in [0.25, 0.3) is 0 Å². The molecule has 0 aliphatic carbocycles. The van der Waals surface area contributed by atoms with Crippen molar-refractivity contribution in [3.05, 3.63) is 29.8 Å². The summed E-state index contributed by atoms with van der Waals surface area (Å²) in [6, 6.07) is 6.12. The monoisotopic (exact) mass is 388 g/mol. The van der Waals surface area contributed by atoms with E-state index in [2.05, 4.69) is 5.32 Å². The molecular weight excluding hydrogens is 369 g/mol. The molecule has 1 aromatic carbocycles. The third-order valence-electron chi connectivity index (χ3n) is 4.40. The maximum atomic E-state index is 13.1. The number of carboxylic acids is 1. The number of carbonyl (C=O) groups excluding carboxylic acids is 2. The van der Waals surface area contributed by atoms with Gasteiger partial charge in [0.25, 0.3) is 5.91 Å². The zero-order valence-corrected chi connectivity index (χ0v) is 14.5. The quantitative estimate of drug-likeness (QED) is 0.773. The number of likely N-dealkylation sites (tertiary alicyclic amines) is 1. The van der Waals surface area contributed by atoms with Crippen LogP contribution in [-0.4, -0.2) is 60.2 Å². The number of ether oxygens (including phenoxy) is 1. The first kappa shape index (κ1) is 20.5. The number of nitrogens with one attached hydrogen (secondary N) is 1. The SMILES string of the molecule is CCOc1ccc(C(=O)NCC(=O)N2CCC(C(=O)O)(C(F)(F)F)C2)cc1. The molecule has 0 bridgehead atoms. The van der Waals surface area contributed by atoms with Gasteiger partial charge in [-0.05, 0) is 37.6 Å². The Bertz CT molecular complexity index is 720. The molecule has 2 amide bonds. The van der Waals surface area contributed by atoms with Crippen molar-refractivity contribution in [2.24, 2.45) is 5.41 Å². The van der Waals surface area contributed by atoms with Gasteiger partial charge in [-0.1, -0.05) is 0 Å². The number of nitrogens with zero attached hydrogens (tertiary/aromatic N) is 1. The molecule has 0 aromatic heterocycles. The van der Waals surface area contributed by atoms with Crippen LogP contribution in [0.15, 0.2) is 24.3 Å². The fourth-order valence-corrected chi connectivity index (χ4v) is 2.79. The highest BCUT2D eigenvalue weighted by molar-refractivity contribution is 5.96. The standard InChI is InChI=1S/C17H19F3N2O5/c1-2-27-12-5-3-11(4-6-12)14(24)21-9-13(23)22-8-7-16(10-22,15(25)26)17(18,19)20/h3-6H,2,7-10H2,1H3,(H,21,24)(H,25,26). The maximum absolute atomic E-state index is 13.1. The largest absolute Gasteiger partial charge is 0.494 e. The first-order valence-electron chi connectivity index (χ1n) is 8.19. The average molecular weight is 388 g/mol. The molecule has 27 heavy (non-hydrogen) atoms. The number of alkyl halides is 3. The third-order valence-corrected chi connectivity index (χ3v) is 4.40. The molecule has 1 unspecified atom stereocenters. The van der Waals surface area contributed by atoms with E-state index in [4.69, 9.17) is 9.84 Å². The molecule has 148 valence electrons. The average Bonchev–Trinajstić information content (AvgIpc) is 3.07. The summed E-state index contributed by atoms with van der Waals surface area (Å²) in [5.41, 5.74) is -2.72. The van der Waals surface area contributed by atoms with E-state index >= 15 is 0 Å². The molecule has 0 spiro atoms. The minimum atomic E-state index is -4.97. The lowest BCUT2D eigenvalue weighted by Gasteiger charge is -2.27. The summed E-state index contributed by atoms with van der Waals surface area (Å²) in [5.74, 6) is -2.80. The Morgan fingerprint density at radius 2 is 1.89 bits per heavy atom. The number of rotatable bonds is 6. The molecule has 1 fully saturated rings. The molecule has 1 aliphatic rings. The molecule has 1 atom stereocenters. The zero-order chi connectivity index (χ0) is 20.2. The molecule has 1 aromatic rings. The van der Waals surface area contributed by atoms with Gasteiger partial charge in [0, 0.05) is 18.7 Å². The van der Waals surface area contributed by atoms with Gasteiger partial charge in [0.05, 0.1) is 13.2 Å². The van der Waals surface area contributed by atoms with Gasteiger partial charge in [-0.3, -0.25) is 14.4 Å². The van der Waals surface area contributed by atoms with Crippen LogP contribution in [-0.2, 0) is 9.59 Å². The van der Waals surface area contributed by atoms with E-state index in [-0.39, 0.29) is 12.1 Å². The predicted molar refractivity (Wildman–Crippen MR) is 87.3 cm³/mol. The highest BCUT2D eigenvalue weighted by Crippen LogP contribution is 2.45. The van der Waals surface area contributed by atoms with Crippen LogP contribution in [0.5, 0.6) is 5.75 Å². The summed E-state index contributed by atoms with van der Waals surface area (Å²) in [6.45, 7) is 0.431. The lowest BCUT2D eigenvalue weighted by molar-refractivity contribution is -0.227. The van der Waals surface area contributed by atoms with Crippen LogP contribution in [0.2, 0.25) is 0 Å². The van der Waals surface area contributed by atoms with Crippen LogP contribution >= 0.6 is 0 Å². The van der Waals surface area contributed by atoms with E-state index in [0.29, 0.717) is 12.4 Å². The van der Waals surface area contributed by atoms with E-state index < -0.39 is 48.9 Å². The summed E-state index contributed by atoms with van der Waals surface area (Å²) < 4.78 is 44.6. The van der Waals surface area contributed by atoms with Crippen molar-refractivity contribution in [3.63, 3.8) is 0 Å². The fourth-order valence-electron chi connectivity index (χ4n) is 2.79. The van der Waals surface area contributed by atoms with Crippen molar-refractivity contribution < 1.29 is 37.4 Å². The lowest BCUT2D eigenvalue weighted by atomic mass is 9.86. The highest BCUT2D eigenvalue weighted by atomic mass is 19.4. The van der Waals surface area contributed by atoms with Crippen LogP contribution in [0, 0.1) is 5.41 Å². The second-order valence-electron chi connectivity index (χ2n) is 6.09. The molecule has 2 N–H and O–H groups in total. The highest BCUT2D eigenvalue weighted by Gasteiger charge is 2.64. The van der Waals surface area contributed by atoms with Crippen molar-refractivity contribution >= 4 is 17.8 Å². The van der Waals surface area contributed by atoms with Gasteiger partial charge in [0.15, 0.2) is 5.41 Å². The van der Waals surface area contributed by atoms with Crippen LogP contribution in [0.4, 0.5) is 13.2 Å². The molecule has 1 saturated heterocycles. The molecule has 10 heteroatoms. The number of carboxylic acid groups (broad SMARTS) is 1. The Morgan fingerprint density at radius 1 is 1.26 bits per heavy atom. The predicted octanol–water partition coefficient (Wildman–Crippen LogP) is 1.68. The van der Waals surface area contributed by atoms with Crippen molar-refractivity contribution in [1.29, 1.82) is 0 Å². The molecule has 1 aliphatic heterocycles. The Hall–Kier alpha value is -2.78.